The van der Waals surface area contributed by atoms with Crippen molar-refractivity contribution in [3.8, 4) is 0 Å². The van der Waals surface area contributed by atoms with E-state index in [4.69, 9.17) is 17.3 Å². The molecule has 0 saturated heterocycles. The number of nitrogens with one attached hydrogen (secondary N) is 1. The van der Waals surface area contributed by atoms with Crippen LogP contribution < -0.4 is 16.0 Å². The third kappa shape index (κ3) is 2.46. The fourth-order valence-corrected chi connectivity index (χ4v) is 2.52. The van der Waals surface area contributed by atoms with Gasteiger partial charge in [-0.25, -0.2) is 0 Å². The molecular weight excluding hydrogens is 262 g/mol. The Morgan fingerprint density at radius 1 is 1.58 bits per heavy atom. The minimum absolute atomic E-state index is 0.192. The second-order valence-corrected chi connectivity index (χ2v) is 5.30. The summed E-state index contributed by atoms with van der Waals surface area (Å²) in [6, 6.07) is 3.30. The van der Waals surface area contributed by atoms with Crippen molar-refractivity contribution in [2.75, 3.05) is 16.8 Å². The van der Waals surface area contributed by atoms with Gasteiger partial charge in [0.25, 0.3) is 0 Å². The maximum absolute atomic E-state index is 11.6. The average molecular weight is 280 g/mol. The summed E-state index contributed by atoms with van der Waals surface area (Å²) in [6.45, 7) is 8.61. The largest absolute Gasteiger partial charge is 0.364 e. The van der Waals surface area contributed by atoms with E-state index < -0.39 is 6.04 Å². The lowest BCUT2D eigenvalue weighted by molar-refractivity contribution is -0.116. The van der Waals surface area contributed by atoms with Gasteiger partial charge in [0, 0.05) is 23.8 Å². The van der Waals surface area contributed by atoms with Crippen molar-refractivity contribution < 1.29 is 4.79 Å². The van der Waals surface area contributed by atoms with Crippen LogP contribution in [-0.2, 0) is 4.79 Å². The number of carbonyl (C=O) groups excluding carboxylic acids is 1. The maximum atomic E-state index is 11.6. The lowest BCUT2D eigenvalue weighted by Gasteiger charge is -2.29. The molecule has 0 fully saturated rings. The predicted octanol–water partition coefficient (Wildman–Crippen LogP) is 2.69. The minimum atomic E-state index is -0.631. The van der Waals surface area contributed by atoms with Crippen LogP contribution in [0, 0.1) is 0 Å². The fourth-order valence-electron chi connectivity index (χ4n) is 2.24. The summed E-state index contributed by atoms with van der Waals surface area (Å²) >= 11 is 6.32. The van der Waals surface area contributed by atoms with Crippen LogP contribution in [0.3, 0.4) is 0 Å². The first kappa shape index (κ1) is 13.9. The number of hydrogen-bond donors (Lipinski definition) is 2. The Bertz CT molecular complexity index is 528. The molecule has 2 rings (SSSR count). The second-order valence-electron chi connectivity index (χ2n) is 4.89. The van der Waals surface area contributed by atoms with Crippen molar-refractivity contribution in [3.63, 3.8) is 0 Å². The zero-order valence-electron chi connectivity index (χ0n) is 11.1. The van der Waals surface area contributed by atoms with E-state index in [0.29, 0.717) is 11.6 Å². The highest BCUT2D eigenvalue weighted by Gasteiger charge is 2.29. The standard InChI is InChI=1S/C14H18ClN3O/c1-4-5-18(8(2)3)12-7-11-9(6-10(12)15)13(16)14(19)17-11/h4,6-8,13H,1,5,16H2,2-3H3,(H,17,19). The number of halogens is 1. The third-order valence-electron chi connectivity index (χ3n) is 3.25. The molecule has 19 heavy (non-hydrogen) atoms. The Morgan fingerprint density at radius 3 is 2.84 bits per heavy atom. The Kier molecular flexibility index (Phi) is 3.83. The highest BCUT2D eigenvalue weighted by Crippen LogP contribution is 2.38. The summed E-state index contributed by atoms with van der Waals surface area (Å²) in [7, 11) is 0. The van der Waals surface area contributed by atoms with Crippen molar-refractivity contribution in [3.05, 3.63) is 35.4 Å². The van der Waals surface area contributed by atoms with Gasteiger partial charge in [0.2, 0.25) is 5.91 Å². The highest BCUT2D eigenvalue weighted by molar-refractivity contribution is 6.33. The zero-order chi connectivity index (χ0) is 14.2. The molecule has 0 saturated carbocycles. The monoisotopic (exact) mass is 279 g/mol. The Morgan fingerprint density at radius 2 is 2.26 bits per heavy atom. The Balaban J connectivity index is 2.46. The highest BCUT2D eigenvalue weighted by atomic mass is 35.5. The second kappa shape index (κ2) is 5.23. The van der Waals surface area contributed by atoms with Crippen LogP contribution in [0.5, 0.6) is 0 Å². The van der Waals surface area contributed by atoms with Gasteiger partial charge in [-0.15, -0.1) is 6.58 Å². The molecule has 1 aromatic carbocycles. The first-order chi connectivity index (χ1) is 8.95. The van der Waals surface area contributed by atoms with Gasteiger partial charge in [-0.05, 0) is 26.0 Å². The molecule has 102 valence electrons. The van der Waals surface area contributed by atoms with E-state index >= 15 is 0 Å². The fraction of sp³-hybridized carbons (Fsp3) is 0.357. The molecule has 1 amide bonds. The van der Waals surface area contributed by atoms with E-state index in [0.717, 1.165) is 16.9 Å². The summed E-state index contributed by atoms with van der Waals surface area (Å²) in [6.07, 6.45) is 1.83. The molecule has 5 heteroatoms. The molecule has 0 aromatic heterocycles. The molecule has 0 aliphatic carbocycles. The molecule has 1 aromatic rings. The molecule has 1 atom stereocenters. The molecule has 3 N–H and O–H groups in total. The van der Waals surface area contributed by atoms with E-state index in [2.05, 4.69) is 30.6 Å². The van der Waals surface area contributed by atoms with Gasteiger partial charge in [0.05, 0.1) is 10.7 Å². The van der Waals surface area contributed by atoms with E-state index in [1.807, 2.05) is 12.1 Å². The summed E-state index contributed by atoms with van der Waals surface area (Å²) in [5, 5.41) is 3.37. The van der Waals surface area contributed by atoms with Crippen LogP contribution in [0.2, 0.25) is 5.02 Å². The van der Waals surface area contributed by atoms with Gasteiger partial charge in [0.15, 0.2) is 0 Å². The number of hydrogen-bond acceptors (Lipinski definition) is 3. The number of nitrogens with zero attached hydrogens (tertiary/aromatic N) is 1. The molecule has 1 aliphatic rings. The van der Waals surface area contributed by atoms with Crippen molar-refractivity contribution >= 4 is 28.9 Å². The van der Waals surface area contributed by atoms with Crippen LogP contribution in [0.25, 0.3) is 0 Å². The van der Waals surface area contributed by atoms with Crippen LogP contribution in [0.15, 0.2) is 24.8 Å². The predicted molar refractivity (Wildman–Crippen MR) is 79.7 cm³/mol. The Labute approximate surface area is 118 Å². The van der Waals surface area contributed by atoms with Crippen molar-refractivity contribution in [1.82, 2.24) is 0 Å². The van der Waals surface area contributed by atoms with E-state index in [9.17, 15) is 4.79 Å². The molecule has 1 unspecified atom stereocenters. The normalized spacial score (nSPS) is 17.3. The third-order valence-corrected chi connectivity index (χ3v) is 3.56. The first-order valence-electron chi connectivity index (χ1n) is 6.23. The van der Waals surface area contributed by atoms with Gasteiger partial charge in [-0.2, -0.15) is 0 Å². The molecular formula is C14H18ClN3O. The average Bonchev–Trinajstić information content (AvgIpc) is 2.62. The summed E-state index contributed by atoms with van der Waals surface area (Å²) in [5.74, 6) is -0.192. The van der Waals surface area contributed by atoms with Crippen LogP contribution in [0.1, 0.15) is 25.5 Å². The molecule has 1 aliphatic heterocycles. The number of rotatable bonds is 4. The molecule has 4 nitrogen and oxygen atoms in total. The number of amides is 1. The van der Waals surface area contributed by atoms with Crippen LogP contribution in [-0.4, -0.2) is 18.5 Å². The lowest BCUT2D eigenvalue weighted by Crippen LogP contribution is -2.31. The van der Waals surface area contributed by atoms with Gasteiger partial charge in [-0.3, -0.25) is 4.79 Å². The van der Waals surface area contributed by atoms with Crippen molar-refractivity contribution in [1.29, 1.82) is 0 Å². The van der Waals surface area contributed by atoms with Crippen molar-refractivity contribution in [2.45, 2.75) is 25.9 Å². The topological polar surface area (TPSA) is 58.4 Å². The summed E-state index contributed by atoms with van der Waals surface area (Å²) < 4.78 is 0. The number of carbonyl (C=O) groups is 1. The minimum Gasteiger partial charge on any atom is -0.364 e. The Hall–Kier alpha value is -1.52. The number of anilines is 2. The quantitative estimate of drug-likeness (QED) is 0.833. The van der Waals surface area contributed by atoms with Gasteiger partial charge in [-0.1, -0.05) is 17.7 Å². The van der Waals surface area contributed by atoms with Gasteiger partial charge >= 0.3 is 0 Å². The van der Waals surface area contributed by atoms with Crippen LogP contribution in [0.4, 0.5) is 11.4 Å². The lowest BCUT2D eigenvalue weighted by atomic mass is 10.1. The van der Waals surface area contributed by atoms with E-state index in [1.165, 1.54) is 0 Å². The van der Waals surface area contributed by atoms with E-state index in [-0.39, 0.29) is 11.9 Å². The number of nitrogens with two attached hydrogens (primary N) is 1. The van der Waals surface area contributed by atoms with E-state index in [1.54, 1.807) is 6.07 Å². The zero-order valence-corrected chi connectivity index (χ0v) is 11.9. The van der Waals surface area contributed by atoms with Crippen LogP contribution >= 0.6 is 11.6 Å². The molecule has 0 spiro atoms. The maximum Gasteiger partial charge on any atom is 0.245 e. The van der Waals surface area contributed by atoms with Gasteiger partial charge in [0.1, 0.15) is 6.04 Å². The molecule has 1 heterocycles. The van der Waals surface area contributed by atoms with Crippen molar-refractivity contribution in [2.24, 2.45) is 5.73 Å². The number of benzene rings is 1. The molecule has 0 bridgehead atoms. The smallest absolute Gasteiger partial charge is 0.245 e. The van der Waals surface area contributed by atoms with Gasteiger partial charge < -0.3 is 16.0 Å². The summed E-state index contributed by atoms with van der Waals surface area (Å²) in [5.41, 5.74) is 8.18. The SMILES string of the molecule is C=CCN(c1cc2c(cc1Cl)C(N)C(=O)N2)C(C)C. The summed E-state index contributed by atoms with van der Waals surface area (Å²) in [4.78, 5) is 13.7. The first-order valence-corrected chi connectivity index (χ1v) is 6.61. The number of fused-ring (bicyclic) bond motifs is 1. The molecule has 0 radical (unpaired) electrons.